The third-order valence-corrected chi connectivity index (χ3v) is 5.82. The number of sulfonamides is 1. The number of likely N-dealkylation sites (tertiary alicyclic amines) is 1. The molecular weight excluding hydrogens is 296 g/mol. The van der Waals surface area contributed by atoms with E-state index in [1.807, 2.05) is 12.1 Å². The van der Waals surface area contributed by atoms with Gasteiger partial charge < -0.3 is 4.90 Å². The van der Waals surface area contributed by atoms with E-state index < -0.39 is 10.0 Å². The maximum Gasteiger partial charge on any atom is 0.240 e. The van der Waals surface area contributed by atoms with Gasteiger partial charge in [-0.15, -0.1) is 0 Å². The maximum atomic E-state index is 12.4. The fraction of sp³-hybridized carbons (Fsp3) is 0.647. The molecule has 1 aliphatic rings. The zero-order valence-corrected chi connectivity index (χ0v) is 14.7. The molecule has 0 unspecified atom stereocenters. The van der Waals surface area contributed by atoms with Gasteiger partial charge >= 0.3 is 0 Å². The molecule has 0 aromatic heterocycles. The van der Waals surface area contributed by atoms with Crippen LogP contribution in [0.1, 0.15) is 38.7 Å². The minimum atomic E-state index is -3.39. The molecule has 1 heterocycles. The summed E-state index contributed by atoms with van der Waals surface area (Å²) < 4.78 is 27.7. The van der Waals surface area contributed by atoms with Crippen molar-refractivity contribution < 1.29 is 8.42 Å². The lowest BCUT2D eigenvalue weighted by Gasteiger charge is -2.29. The number of nitrogens with zero attached hydrogens (tertiary/aromatic N) is 1. The summed E-state index contributed by atoms with van der Waals surface area (Å²) >= 11 is 0. The molecule has 4 nitrogen and oxygen atoms in total. The van der Waals surface area contributed by atoms with Crippen LogP contribution in [0.4, 0.5) is 0 Å². The van der Waals surface area contributed by atoms with Crippen molar-refractivity contribution in [3.63, 3.8) is 0 Å². The zero-order chi connectivity index (χ0) is 16.2. The van der Waals surface area contributed by atoms with Crippen LogP contribution in [0.3, 0.4) is 0 Å². The molecule has 1 aromatic rings. The van der Waals surface area contributed by atoms with Crippen molar-refractivity contribution in [1.82, 2.24) is 9.62 Å². The Morgan fingerprint density at radius 2 is 1.77 bits per heavy atom. The predicted molar refractivity (Wildman–Crippen MR) is 90.4 cm³/mol. The van der Waals surface area contributed by atoms with E-state index in [1.54, 1.807) is 12.1 Å². The molecule has 2 rings (SSSR count). The fourth-order valence-corrected chi connectivity index (χ4v) is 4.01. The van der Waals surface area contributed by atoms with E-state index in [0.717, 1.165) is 38.8 Å². The quantitative estimate of drug-likeness (QED) is 0.875. The SMILES string of the molecule is CC(C)CCc1ccc(S(=O)(=O)NC2CCN(C)CC2)cc1. The largest absolute Gasteiger partial charge is 0.306 e. The highest BCUT2D eigenvalue weighted by Gasteiger charge is 2.23. The summed E-state index contributed by atoms with van der Waals surface area (Å²) in [5.74, 6) is 0.662. The Bertz CT molecular complexity index is 559. The first-order valence-corrected chi connectivity index (χ1v) is 9.65. The summed E-state index contributed by atoms with van der Waals surface area (Å²) in [5.41, 5.74) is 1.20. The lowest BCUT2D eigenvalue weighted by atomic mass is 10.0. The highest BCUT2D eigenvalue weighted by atomic mass is 32.2. The highest BCUT2D eigenvalue weighted by Crippen LogP contribution is 2.16. The smallest absolute Gasteiger partial charge is 0.240 e. The molecule has 1 N–H and O–H groups in total. The van der Waals surface area contributed by atoms with Crippen LogP contribution in [0.5, 0.6) is 0 Å². The molecular formula is C17H28N2O2S. The zero-order valence-electron chi connectivity index (χ0n) is 13.9. The van der Waals surface area contributed by atoms with E-state index in [2.05, 4.69) is 30.5 Å². The lowest BCUT2D eigenvalue weighted by Crippen LogP contribution is -2.43. The highest BCUT2D eigenvalue weighted by molar-refractivity contribution is 7.89. The second-order valence-electron chi connectivity index (χ2n) is 6.78. The summed E-state index contributed by atoms with van der Waals surface area (Å²) in [7, 11) is -1.32. The molecule has 124 valence electrons. The summed E-state index contributed by atoms with van der Waals surface area (Å²) in [6.45, 7) is 6.29. The third-order valence-electron chi connectivity index (χ3n) is 4.28. The van der Waals surface area contributed by atoms with Crippen molar-refractivity contribution >= 4 is 10.0 Å². The number of hydrogen-bond acceptors (Lipinski definition) is 3. The first-order valence-electron chi connectivity index (χ1n) is 8.16. The predicted octanol–water partition coefficient (Wildman–Crippen LogP) is 2.65. The average molecular weight is 324 g/mol. The minimum absolute atomic E-state index is 0.0572. The molecule has 1 aliphatic heterocycles. The van der Waals surface area contributed by atoms with E-state index in [9.17, 15) is 8.42 Å². The van der Waals surface area contributed by atoms with Gasteiger partial charge in [0.15, 0.2) is 0 Å². The topological polar surface area (TPSA) is 49.4 Å². The van der Waals surface area contributed by atoms with Crippen LogP contribution in [0.15, 0.2) is 29.2 Å². The van der Waals surface area contributed by atoms with Crippen molar-refractivity contribution in [3.8, 4) is 0 Å². The summed E-state index contributed by atoms with van der Waals surface area (Å²) in [4.78, 5) is 2.61. The van der Waals surface area contributed by atoms with E-state index in [-0.39, 0.29) is 6.04 Å². The second-order valence-corrected chi connectivity index (χ2v) is 8.49. The van der Waals surface area contributed by atoms with Gasteiger partial charge in [-0.2, -0.15) is 0 Å². The van der Waals surface area contributed by atoms with Crippen molar-refractivity contribution in [2.45, 2.75) is 50.5 Å². The van der Waals surface area contributed by atoms with Crippen molar-refractivity contribution in [1.29, 1.82) is 0 Å². The first kappa shape index (κ1) is 17.4. The Balaban J connectivity index is 1.97. The van der Waals surface area contributed by atoms with Gasteiger partial charge in [0, 0.05) is 6.04 Å². The summed E-state index contributed by atoms with van der Waals surface area (Å²) in [6.07, 6.45) is 3.88. The molecule has 0 aliphatic carbocycles. The molecule has 5 heteroatoms. The van der Waals surface area contributed by atoms with Crippen LogP contribution in [-0.4, -0.2) is 39.5 Å². The number of rotatable bonds is 6. The van der Waals surface area contributed by atoms with Crippen molar-refractivity contribution in [2.24, 2.45) is 5.92 Å². The van der Waals surface area contributed by atoms with Gasteiger partial charge in [-0.3, -0.25) is 0 Å². The molecule has 0 bridgehead atoms. The monoisotopic (exact) mass is 324 g/mol. The molecule has 0 amide bonds. The van der Waals surface area contributed by atoms with Gasteiger partial charge in [0.2, 0.25) is 10.0 Å². The van der Waals surface area contributed by atoms with Gasteiger partial charge in [-0.05, 0) is 69.4 Å². The number of piperidine rings is 1. The Morgan fingerprint density at radius 3 is 2.32 bits per heavy atom. The standard InChI is InChI=1S/C17H28N2O2S/c1-14(2)4-5-15-6-8-17(9-7-15)22(20,21)18-16-10-12-19(3)13-11-16/h6-9,14,16,18H,4-5,10-13H2,1-3H3. The van der Waals surface area contributed by atoms with Crippen LogP contribution >= 0.6 is 0 Å². The number of nitrogens with one attached hydrogen (secondary N) is 1. The fourth-order valence-electron chi connectivity index (χ4n) is 2.70. The Labute approximate surface area is 135 Å². The molecule has 0 radical (unpaired) electrons. The lowest BCUT2D eigenvalue weighted by molar-refractivity contribution is 0.248. The molecule has 1 aromatic carbocycles. The second kappa shape index (κ2) is 7.57. The third kappa shape index (κ3) is 5.07. The van der Waals surface area contributed by atoms with Crippen molar-refractivity contribution in [3.05, 3.63) is 29.8 Å². The number of hydrogen-bond donors (Lipinski definition) is 1. The van der Waals surface area contributed by atoms with Crippen molar-refractivity contribution in [2.75, 3.05) is 20.1 Å². The van der Waals surface area contributed by atoms with E-state index in [1.165, 1.54) is 5.56 Å². The Morgan fingerprint density at radius 1 is 1.18 bits per heavy atom. The summed E-state index contributed by atoms with van der Waals surface area (Å²) in [6, 6.07) is 7.39. The Kier molecular flexibility index (Phi) is 6.01. The van der Waals surface area contributed by atoms with E-state index in [0.29, 0.717) is 10.8 Å². The van der Waals surface area contributed by atoms with Gasteiger partial charge in [0.25, 0.3) is 0 Å². The van der Waals surface area contributed by atoms with Crippen LogP contribution in [0.25, 0.3) is 0 Å². The van der Waals surface area contributed by atoms with Gasteiger partial charge in [-0.25, -0.2) is 13.1 Å². The van der Waals surface area contributed by atoms with Gasteiger partial charge in [0.1, 0.15) is 0 Å². The summed E-state index contributed by atoms with van der Waals surface area (Å²) in [5, 5.41) is 0. The Hall–Kier alpha value is -0.910. The first-order chi connectivity index (χ1) is 10.4. The van der Waals surface area contributed by atoms with Gasteiger partial charge in [-0.1, -0.05) is 26.0 Å². The normalized spacial score (nSPS) is 18.0. The van der Waals surface area contributed by atoms with Crippen LogP contribution in [-0.2, 0) is 16.4 Å². The van der Waals surface area contributed by atoms with E-state index >= 15 is 0 Å². The van der Waals surface area contributed by atoms with Crippen LogP contribution < -0.4 is 4.72 Å². The average Bonchev–Trinajstić information content (AvgIpc) is 2.48. The maximum absolute atomic E-state index is 12.4. The number of benzene rings is 1. The molecule has 0 spiro atoms. The molecule has 0 saturated carbocycles. The van der Waals surface area contributed by atoms with Crippen LogP contribution in [0, 0.1) is 5.92 Å². The number of aryl methyl sites for hydroxylation is 1. The van der Waals surface area contributed by atoms with Crippen LogP contribution in [0.2, 0.25) is 0 Å². The van der Waals surface area contributed by atoms with Gasteiger partial charge in [0.05, 0.1) is 4.90 Å². The molecule has 1 fully saturated rings. The molecule has 1 saturated heterocycles. The molecule has 0 atom stereocenters. The van der Waals surface area contributed by atoms with E-state index in [4.69, 9.17) is 0 Å². The minimum Gasteiger partial charge on any atom is -0.306 e. The molecule has 22 heavy (non-hydrogen) atoms.